The van der Waals surface area contributed by atoms with Gasteiger partial charge in [0.25, 0.3) is 0 Å². The van der Waals surface area contributed by atoms with E-state index in [0.717, 1.165) is 19.3 Å². The van der Waals surface area contributed by atoms with Crippen molar-refractivity contribution < 1.29 is 14.7 Å². The van der Waals surface area contributed by atoms with Gasteiger partial charge in [-0.2, -0.15) is 0 Å². The fraction of sp³-hybridized carbons (Fsp3) is 0.385. The number of ketones is 1. The molecule has 0 bridgehead atoms. The van der Waals surface area contributed by atoms with Crippen LogP contribution in [0.25, 0.3) is 0 Å². The van der Waals surface area contributed by atoms with E-state index in [1.165, 1.54) is 12.1 Å². The van der Waals surface area contributed by atoms with Gasteiger partial charge in [-0.3, -0.25) is 9.59 Å². The van der Waals surface area contributed by atoms with Crippen LogP contribution in [-0.4, -0.2) is 16.8 Å². The van der Waals surface area contributed by atoms with E-state index in [1.807, 2.05) is 0 Å². The number of Topliss-reactive ketones (excluding diaryl/α,β-unsaturated/α-hetero) is 1. The highest BCUT2D eigenvalue weighted by Gasteiger charge is 2.05. The summed E-state index contributed by atoms with van der Waals surface area (Å²) in [7, 11) is 0. The first-order valence-corrected chi connectivity index (χ1v) is 5.70. The number of aromatic hydroxyl groups is 1. The fourth-order valence-corrected chi connectivity index (χ4v) is 1.55. The number of rotatable bonds is 7. The molecule has 1 aromatic rings. The minimum Gasteiger partial charge on any atom is -0.508 e. The fourth-order valence-electron chi connectivity index (χ4n) is 1.55. The number of hydrogen-bond acceptors (Lipinski definition) is 3. The summed E-state index contributed by atoms with van der Waals surface area (Å²) in [6.07, 6.45) is 3.16. The van der Waals surface area contributed by atoms with Crippen LogP contribution in [0.5, 0.6) is 5.75 Å². The summed E-state index contributed by atoms with van der Waals surface area (Å²) in [5.41, 5.74) is 5.62. The molecule has 0 spiro atoms. The van der Waals surface area contributed by atoms with E-state index in [1.54, 1.807) is 12.1 Å². The van der Waals surface area contributed by atoms with Crippen molar-refractivity contribution in [2.75, 3.05) is 0 Å². The van der Waals surface area contributed by atoms with Gasteiger partial charge in [-0.25, -0.2) is 0 Å². The third-order valence-electron chi connectivity index (χ3n) is 2.52. The number of carbonyl (C=O) groups is 2. The maximum absolute atomic E-state index is 11.7. The third-order valence-corrected chi connectivity index (χ3v) is 2.52. The van der Waals surface area contributed by atoms with Crippen molar-refractivity contribution in [2.24, 2.45) is 5.73 Å². The number of amides is 1. The molecular weight excluding hydrogens is 218 g/mol. The molecule has 1 aromatic carbocycles. The molecule has 1 amide bonds. The quantitative estimate of drug-likeness (QED) is 0.560. The summed E-state index contributed by atoms with van der Waals surface area (Å²) in [4.78, 5) is 22.2. The van der Waals surface area contributed by atoms with E-state index < -0.39 is 0 Å². The van der Waals surface area contributed by atoms with Crippen molar-refractivity contribution in [2.45, 2.75) is 32.1 Å². The van der Waals surface area contributed by atoms with Crippen LogP contribution in [0.15, 0.2) is 24.3 Å². The van der Waals surface area contributed by atoms with Gasteiger partial charge in [0.2, 0.25) is 5.91 Å². The monoisotopic (exact) mass is 235 g/mol. The first kappa shape index (κ1) is 13.2. The Kier molecular flexibility index (Phi) is 5.20. The number of primary amides is 1. The van der Waals surface area contributed by atoms with Crippen LogP contribution < -0.4 is 5.73 Å². The number of carbonyl (C=O) groups excluding carboxylic acids is 2. The minimum absolute atomic E-state index is 0.0593. The lowest BCUT2D eigenvalue weighted by Crippen LogP contribution is -2.09. The molecule has 0 atom stereocenters. The van der Waals surface area contributed by atoms with Gasteiger partial charge in [0.1, 0.15) is 5.75 Å². The summed E-state index contributed by atoms with van der Waals surface area (Å²) >= 11 is 0. The van der Waals surface area contributed by atoms with Crippen molar-refractivity contribution in [1.29, 1.82) is 0 Å². The van der Waals surface area contributed by atoms with E-state index in [2.05, 4.69) is 0 Å². The molecule has 4 heteroatoms. The van der Waals surface area contributed by atoms with Gasteiger partial charge in [-0.1, -0.05) is 6.42 Å². The maximum atomic E-state index is 11.7. The Morgan fingerprint density at radius 2 is 1.59 bits per heavy atom. The Bertz CT molecular complexity index is 384. The molecule has 0 unspecified atom stereocenters. The van der Waals surface area contributed by atoms with Crippen LogP contribution in [-0.2, 0) is 4.79 Å². The molecule has 0 aliphatic heterocycles. The van der Waals surface area contributed by atoms with Crippen molar-refractivity contribution in [3.8, 4) is 5.75 Å². The second-order valence-electron chi connectivity index (χ2n) is 4.00. The summed E-state index contributed by atoms with van der Waals surface area (Å²) in [5, 5.41) is 9.08. The standard InChI is InChI=1S/C13H17NO3/c14-13(17)5-3-1-2-4-12(16)10-6-8-11(15)9-7-10/h6-9,15H,1-5H2,(H2,14,17). The molecule has 0 aliphatic carbocycles. The molecule has 0 saturated heterocycles. The van der Waals surface area contributed by atoms with Gasteiger partial charge in [0, 0.05) is 18.4 Å². The first-order valence-electron chi connectivity index (χ1n) is 5.70. The zero-order chi connectivity index (χ0) is 12.7. The molecule has 0 fully saturated rings. The van der Waals surface area contributed by atoms with Crippen molar-refractivity contribution in [3.05, 3.63) is 29.8 Å². The highest BCUT2D eigenvalue weighted by Crippen LogP contribution is 2.13. The zero-order valence-corrected chi connectivity index (χ0v) is 9.69. The van der Waals surface area contributed by atoms with Gasteiger partial charge in [0.15, 0.2) is 5.78 Å². The SMILES string of the molecule is NC(=O)CCCCCC(=O)c1ccc(O)cc1. The number of hydrogen-bond donors (Lipinski definition) is 2. The van der Waals surface area contributed by atoms with Gasteiger partial charge < -0.3 is 10.8 Å². The predicted molar refractivity (Wildman–Crippen MR) is 64.7 cm³/mol. The number of benzene rings is 1. The van der Waals surface area contributed by atoms with E-state index in [0.29, 0.717) is 18.4 Å². The van der Waals surface area contributed by atoms with E-state index in [-0.39, 0.29) is 17.4 Å². The summed E-state index contributed by atoms with van der Waals surface area (Å²) in [6.45, 7) is 0. The molecular formula is C13H17NO3. The number of nitrogens with two attached hydrogens (primary N) is 1. The van der Waals surface area contributed by atoms with E-state index >= 15 is 0 Å². The molecule has 3 N–H and O–H groups in total. The van der Waals surface area contributed by atoms with Crippen LogP contribution in [0.4, 0.5) is 0 Å². The molecule has 0 saturated carbocycles. The minimum atomic E-state index is -0.296. The summed E-state index contributed by atoms with van der Waals surface area (Å²) in [6, 6.07) is 6.22. The largest absolute Gasteiger partial charge is 0.508 e. The van der Waals surface area contributed by atoms with Gasteiger partial charge >= 0.3 is 0 Å². The van der Waals surface area contributed by atoms with Crippen LogP contribution in [0.3, 0.4) is 0 Å². The number of phenols is 1. The van der Waals surface area contributed by atoms with Crippen LogP contribution in [0, 0.1) is 0 Å². The van der Waals surface area contributed by atoms with Gasteiger partial charge in [-0.05, 0) is 37.1 Å². The van der Waals surface area contributed by atoms with Crippen LogP contribution >= 0.6 is 0 Å². The van der Waals surface area contributed by atoms with Crippen molar-refractivity contribution in [3.63, 3.8) is 0 Å². The number of unbranched alkanes of at least 4 members (excludes halogenated alkanes) is 2. The molecule has 1 rings (SSSR count). The molecule has 0 aliphatic rings. The molecule has 0 radical (unpaired) electrons. The van der Waals surface area contributed by atoms with Crippen LogP contribution in [0.1, 0.15) is 42.5 Å². The van der Waals surface area contributed by atoms with E-state index in [4.69, 9.17) is 10.8 Å². The van der Waals surface area contributed by atoms with Gasteiger partial charge in [0.05, 0.1) is 0 Å². The molecule has 0 aromatic heterocycles. The topological polar surface area (TPSA) is 80.4 Å². The Morgan fingerprint density at radius 1 is 1.00 bits per heavy atom. The Morgan fingerprint density at radius 3 is 2.18 bits per heavy atom. The van der Waals surface area contributed by atoms with Gasteiger partial charge in [-0.15, -0.1) is 0 Å². The smallest absolute Gasteiger partial charge is 0.217 e. The summed E-state index contributed by atoms with van der Waals surface area (Å²) in [5.74, 6) is -0.0815. The Balaban J connectivity index is 2.25. The Labute approximate surface area is 100 Å². The van der Waals surface area contributed by atoms with Crippen molar-refractivity contribution in [1.82, 2.24) is 0 Å². The molecule has 92 valence electrons. The first-order chi connectivity index (χ1) is 8.09. The normalized spacial score (nSPS) is 10.1. The molecule has 17 heavy (non-hydrogen) atoms. The second kappa shape index (κ2) is 6.68. The Hall–Kier alpha value is -1.84. The molecule has 0 heterocycles. The molecule has 4 nitrogen and oxygen atoms in total. The average molecular weight is 235 g/mol. The highest BCUT2D eigenvalue weighted by molar-refractivity contribution is 5.96. The highest BCUT2D eigenvalue weighted by atomic mass is 16.3. The predicted octanol–water partition coefficient (Wildman–Crippen LogP) is 2.01. The van der Waals surface area contributed by atoms with E-state index in [9.17, 15) is 9.59 Å². The maximum Gasteiger partial charge on any atom is 0.217 e. The summed E-state index contributed by atoms with van der Waals surface area (Å²) < 4.78 is 0. The number of phenolic OH excluding ortho intramolecular Hbond substituents is 1. The lowest BCUT2D eigenvalue weighted by Gasteiger charge is -2.01. The van der Waals surface area contributed by atoms with Crippen molar-refractivity contribution >= 4 is 11.7 Å². The lowest BCUT2D eigenvalue weighted by molar-refractivity contribution is -0.118. The zero-order valence-electron chi connectivity index (χ0n) is 9.69. The van der Waals surface area contributed by atoms with Crippen LogP contribution in [0.2, 0.25) is 0 Å². The second-order valence-corrected chi connectivity index (χ2v) is 4.00. The average Bonchev–Trinajstić information content (AvgIpc) is 2.29. The third kappa shape index (κ3) is 5.15. The lowest BCUT2D eigenvalue weighted by atomic mass is 10.0.